The summed E-state index contributed by atoms with van der Waals surface area (Å²) >= 11 is 0. The SMILES string of the molecule is COC(=O)c1c(C)[nH]c(C(=O)NCc2cccc(OCc3ccccn3)c2)c1C. The van der Waals surface area contributed by atoms with Crippen molar-refractivity contribution in [2.45, 2.75) is 27.0 Å². The second-order valence-corrected chi connectivity index (χ2v) is 6.56. The zero-order chi connectivity index (χ0) is 20.8. The summed E-state index contributed by atoms with van der Waals surface area (Å²) in [5.41, 5.74) is 3.65. The molecule has 1 amide bonds. The number of nitrogens with one attached hydrogen (secondary N) is 2. The smallest absolute Gasteiger partial charge is 0.339 e. The van der Waals surface area contributed by atoms with Gasteiger partial charge in [0.25, 0.3) is 5.91 Å². The highest BCUT2D eigenvalue weighted by Crippen LogP contribution is 2.19. The average molecular weight is 393 g/mol. The van der Waals surface area contributed by atoms with Crippen LogP contribution >= 0.6 is 0 Å². The molecule has 0 unspecified atom stereocenters. The van der Waals surface area contributed by atoms with Crippen LogP contribution in [0, 0.1) is 13.8 Å². The monoisotopic (exact) mass is 393 g/mol. The Kier molecular flexibility index (Phi) is 6.29. The number of hydrogen-bond acceptors (Lipinski definition) is 5. The summed E-state index contributed by atoms with van der Waals surface area (Å²) in [6, 6.07) is 13.2. The van der Waals surface area contributed by atoms with Gasteiger partial charge in [0.2, 0.25) is 0 Å². The molecule has 0 saturated carbocycles. The maximum absolute atomic E-state index is 12.6. The minimum Gasteiger partial charge on any atom is -0.487 e. The van der Waals surface area contributed by atoms with Crippen molar-refractivity contribution in [3.8, 4) is 5.75 Å². The van der Waals surface area contributed by atoms with Crippen molar-refractivity contribution >= 4 is 11.9 Å². The highest BCUT2D eigenvalue weighted by atomic mass is 16.5. The van der Waals surface area contributed by atoms with Gasteiger partial charge in [0.1, 0.15) is 18.1 Å². The van der Waals surface area contributed by atoms with E-state index in [1.807, 2.05) is 42.5 Å². The maximum atomic E-state index is 12.6. The van der Waals surface area contributed by atoms with Crippen molar-refractivity contribution in [1.29, 1.82) is 0 Å². The number of amides is 1. The quantitative estimate of drug-likeness (QED) is 0.601. The van der Waals surface area contributed by atoms with Gasteiger partial charge in [-0.2, -0.15) is 0 Å². The number of ether oxygens (including phenoxy) is 2. The largest absolute Gasteiger partial charge is 0.487 e. The lowest BCUT2D eigenvalue weighted by Crippen LogP contribution is -2.24. The van der Waals surface area contributed by atoms with Crippen molar-refractivity contribution in [3.63, 3.8) is 0 Å². The minimum atomic E-state index is -0.465. The molecule has 0 aliphatic rings. The maximum Gasteiger partial charge on any atom is 0.339 e. The number of benzene rings is 1. The Hall–Kier alpha value is -3.61. The van der Waals surface area contributed by atoms with Crippen LogP contribution in [0.15, 0.2) is 48.7 Å². The molecular formula is C22H23N3O4. The van der Waals surface area contributed by atoms with Crippen LogP contribution in [0.2, 0.25) is 0 Å². The molecule has 0 aliphatic heterocycles. The van der Waals surface area contributed by atoms with Crippen LogP contribution < -0.4 is 10.1 Å². The fraction of sp³-hybridized carbons (Fsp3) is 0.227. The average Bonchev–Trinajstić information content (AvgIpc) is 3.05. The van der Waals surface area contributed by atoms with Crippen LogP contribution in [0.5, 0.6) is 5.75 Å². The van der Waals surface area contributed by atoms with Crippen LogP contribution in [0.3, 0.4) is 0 Å². The van der Waals surface area contributed by atoms with Gasteiger partial charge >= 0.3 is 5.97 Å². The molecule has 7 nitrogen and oxygen atoms in total. The highest BCUT2D eigenvalue weighted by Gasteiger charge is 2.22. The third-order valence-corrected chi connectivity index (χ3v) is 4.52. The van der Waals surface area contributed by atoms with Crippen molar-refractivity contribution in [2.75, 3.05) is 7.11 Å². The van der Waals surface area contributed by atoms with Gasteiger partial charge in [-0.15, -0.1) is 0 Å². The molecule has 29 heavy (non-hydrogen) atoms. The normalized spacial score (nSPS) is 10.4. The molecule has 0 saturated heterocycles. The summed E-state index contributed by atoms with van der Waals surface area (Å²) < 4.78 is 10.5. The third kappa shape index (κ3) is 4.82. The standard InChI is InChI=1S/C22H23N3O4/c1-14-19(22(27)28-3)15(2)25-20(14)21(26)24-12-16-7-6-9-18(11-16)29-13-17-8-4-5-10-23-17/h4-11,25H,12-13H2,1-3H3,(H,24,26). The van der Waals surface area contributed by atoms with Gasteiger partial charge < -0.3 is 19.8 Å². The fourth-order valence-corrected chi connectivity index (χ4v) is 3.04. The number of carbonyl (C=O) groups excluding carboxylic acids is 2. The number of aryl methyl sites for hydroxylation is 1. The third-order valence-electron chi connectivity index (χ3n) is 4.52. The number of esters is 1. The Labute approximate surface area is 169 Å². The number of rotatable bonds is 7. The lowest BCUT2D eigenvalue weighted by Gasteiger charge is -2.09. The molecular weight excluding hydrogens is 370 g/mol. The molecule has 3 rings (SSSR count). The van der Waals surface area contributed by atoms with Crippen LogP contribution in [0.1, 0.15) is 43.4 Å². The van der Waals surface area contributed by atoms with Crippen molar-refractivity contribution in [3.05, 3.63) is 82.4 Å². The van der Waals surface area contributed by atoms with Gasteiger partial charge in [-0.1, -0.05) is 18.2 Å². The number of methoxy groups -OCH3 is 1. The summed E-state index contributed by atoms with van der Waals surface area (Å²) in [4.78, 5) is 31.7. The number of carbonyl (C=O) groups is 2. The molecule has 2 N–H and O–H groups in total. The van der Waals surface area contributed by atoms with Gasteiger partial charge in [-0.25, -0.2) is 4.79 Å². The van der Waals surface area contributed by atoms with Crippen LogP contribution in [0.4, 0.5) is 0 Å². The van der Waals surface area contributed by atoms with Crippen LogP contribution in [-0.2, 0) is 17.9 Å². The van der Waals surface area contributed by atoms with Crippen molar-refractivity contribution < 1.29 is 19.1 Å². The second-order valence-electron chi connectivity index (χ2n) is 6.56. The first-order valence-corrected chi connectivity index (χ1v) is 9.17. The van der Waals surface area contributed by atoms with Crippen molar-refractivity contribution in [1.82, 2.24) is 15.3 Å². The first-order chi connectivity index (χ1) is 14.0. The molecule has 1 aromatic carbocycles. The first kappa shape index (κ1) is 20.1. The summed E-state index contributed by atoms with van der Waals surface area (Å²) in [6.07, 6.45) is 1.72. The molecule has 2 aromatic heterocycles. The van der Waals surface area contributed by atoms with E-state index >= 15 is 0 Å². The number of aromatic nitrogens is 2. The second kappa shape index (κ2) is 9.05. The Morgan fingerprint density at radius 2 is 1.97 bits per heavy atom. The Morgan fingerprint density at radius 3 is 2.69 bits per heavy atom. The van der Waals surface area contributed by atoms with E-state index in [2.05, 4.69) is 15.3 Å². The molecule has 0 fully saturated rings. The fourth-order valence-electron chi connectivity index (χ4n) is 3.04. The van der Waals surface area contributed by atoms with E-state index in [1.54, 1.807) is 20.0 Å². The Balaban J connectivity index is 1.63. The van der Waals surface area contributed by atoms with E-state index in [0.29, 0.717) is 41.4 Å². The summed E-state index contributed by atoms with van der Waals surface area (Å²) in [5, 5.41) is 2.86. The molecule has 2 heterocycles. The lowest BCUT2D eigenvalue weighted by atomic mass is 10.1. The van der Waals surface area contributed by atoms with E-state index in [4.69, 9.17) is 9.47 Å². The Morgan fingerprint density at radius 1 is 1.14 bits per heavy atom. The number of H-pyrrole nitrogens is 1. The predicted molar refractivity (Wildman–Crippen MR) is 108 cm³/mol. The molecule has 7 heteroatoms. The van der Waals surface area contributed by atoms with Crippen LogP contribution in [0.25, 0.3) is 0 Å². The number of pyridine rings is 1. The molecule has 3 aromatic rings. The summed E-state index contributed by atoms with van der Waals surface area (Å²) in [5.74, 6) is -0.0594. The first-order valence-electron chi connectivity index (χ1n) is 9.17. The van der Waals surface area contributed by atoms with E-state index in [0.717, 1.165) is 11.3 Å². The van der Waals surface area contributed by atoms with Crippen LogP contribution in [-0.4, -0.2) is 29.0 Å². The van der Waals surface area contributed by atoms with E-state index < -0.39 is 5.97 Å². The van der Waals surface area contributed by atoms with E-state index in [9.17, 15) is 9.59 Å². The Bertz CT molecular complexity index is 1010. The van der Waals surface area contributed by atoms with E-state index in [1.165, 1.54) is 7.11 Å². The molecule has 0 bridgehead atoms. The number of hydrogen-bond donors (Lipinski definition) is 2. The van der Waals surface area contributed by atoms with Crippen molar-refractivity contribution in [2.24, 2.45) is 0 Å². The van der Waals surface area contributed by atoms with Gasteiger partial charge in [-0.05, 0) is 49.2 Å². The topological polar surface area (TPSA) is 93.3 Å². The predicted octanol–water partition coefficient (Wildman–Crippen LogP) is 3.32. The summed E-state index contributed by atoms with van der Waals surface area (Å²) in [6.45, 7) is 4.15. The zero-order valence-electron chi connectivity index (χ0n) is 16.6. The lowest BCUT2D eigenvalue weighted by molar-refractivity contribution is 0.0599. The molecule has 150 valence electrons. The molecule has 0 spiro atoms. The summed E-state index contributed by atoms with van der Waals surface area (Å²) in [7, 11) is 1.32. The number of aromatic amines is 1. The molecule has 0 aliphatic carbocycles. The zero-order valence-corrected chi connectivity index (χ0v) is 16.6. The van der Waals surface area contributed by atoms with Gasteiger partial charge in [0.15, 0.2) is 0 Å². The number of nitrogens with zero attached hydrogens (tertiary/aromatic N) is 1. The van der Waals surface area contributed by atoms with Gasteiger partial charge in [0.05, 0.1) is 18.4 Å². The minimum absolute atomic E-state index is 0.291. The van der Waals surface area contributed by atoms with Gasteiger partial charge in [0, 0.05) is 18.4 Å². The van der Waals surface area contributed by atoms with E-state index in [-0.39, 0.29) is 5.91 Å². The highest BCUT2D eigenvalue weighted by molar-refractivity contribution is 6.00. The van der Waals surface area contributed by atoms with Gasteiger partial charge in [-0.3, -0.25) is 9.78 Å². The molecule has 0 radical (unpaired) electrons. The molecule has 0 atom stereocenters.